The fourth-order valence-electron chi connectivity index (χ4n) is 3.65. The van der Waals surface area contributed by atoms with Gasteiger partial charge in [0.05, 0.1) is 13.2 Å². The Morgan fingerprint density at radius 2 is 1.81 bits per heavy atom. The number of hydrogen-bond acceptors (Lipinski definition) is 8. The summed E-state index contributed by atoms with van der Waals surface area (Å²) in [6.45, 7) is 5.28. The standard InChI is InChI=1S/C24H30O8/c1-15-8-6-10-18(25)22-19(31-24(2,3)32-22)11-7-9-16-12-17(28-5)13-20(29-14-27-4)21(16)23(26)30-15/h6-7,9-10,12-13,15,19,22H,8,11,14H2,1-5H3/b9-7+,10-6-/t15-,19-,22+/m0/s1. The van der Waals surface area contributed by atoms with Gasteiger partial charge in [-0.1, -0.05) is 18.2 Å². The highest BCUT2D eigenvalue weighted by Crippen LogP contribution is 2.34. The van der Waals surface area contributed by atoms with Crippen molar-refractivity contribution in [1.29, 1.82) is 0 Å². The number of hydrogen-bond donors (Lipinski definition) is 0. The Morgan fingerprint density at radius 1 is 1.06 bits per heavy atom. The van der Waals surface area contributed by atoms with Crippen molar-refractivity contribution in [2.24, 2.45) is 0 Å². The van der Waals surface area contributed by atoms with E-state index in [-0.39, 0.29) is 18.1 Å². The Balaban J connectivity index is 2.03. The largest absolute Gasteiger partial charge is 0.497 e. The molecule has 1 fully saturated rings. The maximum Gasteiger partial charge on any atom is 0.342 e. The van der Waals surface area contributed by atoms with Crippen LogP contribution in [-0.4, -0.2) is 56.9 Å². The van der Waals surface area contributed by atoms with Crippen LogP contribution >= 0.6 is 0 Å². The Kier molecular flexibility index (Phi) is 7.71. The molecule has 2 aliphatic heterocycles. The molecule has 0 aromatic heterocycles. The molecule has 3 rings (SSSR count). The molecular formula is C24H30O8. The molecule has 1 aromatic rings. The van der Waals surface area contributed by atoms with Crippen LogP contribution in [0.15, 0.2) is 30.4 Å². The van der Waals surface area contributed by atoms with Crippen molar-refractivity contribution in [3.8, 4) is 11.5 Å². The Bertz CT molecular complexity index is 902. The van der Waals surface area contributed by atoms with Crippen molar-refractivity contribution in [1.82, 2.24) is 0 Å². The molecule has 1 aromatic carbocycles. The summed E-state index contributed by atoms with van der Waals surface area (Å²) < 4.78 is 33.4. The molecule has 0 N–H and O–H groups in total. The lowest BCUT2D eigenvalue weighted by Gasteiger charge is -2.18. The van der Waals surface area contributed by atoms with E-state index >= 15 is 0 Å². The van der Waals surface area contributed by atoms with Crippen LogP contribution in [0.3, 0.4) is 0 Å². The average Bonchev–Trinajstić information content (AvgIpc) is 3.05. The lowest BCUT2D eigenvalue weighted by molar-refractivity contribution is -0.152. The van der Waals surface area contributed by atoms with Gasteiger partial charge in [0.25, 0.3) is 0 Å². The second kappa shape index (κ2) is 10.3. The van der Waals surface area contributed by atoms with E-state index in [9.17, 15) is 9.59 Å². The van der Waals surface area contributed by atoms with Gasteiger partial charge in [-0.3, -0.25) is 4.79 Å². The Hall–Kier alpha value is -2.68. The van der Waals surface area contributed by atoms with Gasteiger partial charge in [-0.2, -0.15) is 0 Å². The average molecular weight is 446 g/mol. The minimum Gasteiger partial charge on any atom is -0.497 e. The summed E-state index contributed by atoms with van der Waals surface area (Å²) in [6, 6.07) is 3.34. The molecule has 0 bridgehead atoms. The molecule has 8 heteroatoms. The maximum atomic E-state index is 13.0. The topological polar surface area (TPSA) is 89.5 Å². The van der Waals surface area contributed by atoms with Crippen molar-refractivity contribution in [2.75, 3.05) is 21.0 Å². The second-order valence-electron chi connectivity index (χ2n) is 8.13. The van der Waals surface area contributed by atoms with Crippen LogP contribution in [0.2, 0.25) is 0 Å². The van der Waals surface area contributed by atoms with Crippen LogP contribution in [0.4, 0.5) is 0 Å². The molecule has 8 nitrogen and oxygen atoms in total. The lowest BCUT2D eigenvalue weighted by atomic mass is 10.0. The number of fused-ring (bicyclic) bond motifs is 2. The molecule has 0 unspecified atom stereocenters. The van der Waals surface area contributed by atoms with Crippen LogP contribution in [0, 0.1) is 0 Å². The first-order valence-electron chi connectivity index (χ1n) is 10.5. The van der Waals surface area contributed by atoms with Gasteiger partial charge in [-0.05, 0) is 44.9 Å². The minimum absolute atomic E-state index is 0.0407. The molecule has 0 aliphatic carbocycles. The lowest BCUT2D eigenvalue weighted by Crippen LogP contribution is -2.30. The van der Waals surface area contributed by atoms with E-state index < -0.39 is 30.1 Å². The summed E-state index contributed by atoms with van der Waals surface area (Å²) in [7, 11) is 3.03. The first-order valence-corrected chi connectivity index (χ1v) is 10.5. The quantitative estimate of drug-likeness (QED) is 0.511. The van der Waals surface area contributed by atoms with Gasteiger partial charge in [0, 0.05) is 19.6 Å². The minimum atomic E-state index is -0.866. The molecule has 2 heterocycles. The number of benzene rings is 1. The highest BCUT2D eigenvalue weighted by molar-refractivity contribution is 5.97. The summed E-state index contributed by atoms with van der Waals surface area (Å²) in [5.74, 6) is -0.779. The number of methoxy groups -OCH3 is 2. The van der Waals surface area contributed by atoms with Crippen LogP contribution in [0.25, 0.3) is 6.08 Å². The van der Waals surface area contributed by atoms with Crippen molar-refractivity contribution in [3.05, 3.63) is 41.5 Å². The maximum absolute atomic E-state index is 13.0. The molecule has 0 amide bonds. The summed E-state index contributed by atoms with van der Waals surface area (Å²) in [5.41, 5.74) is 0.824. The predicted molar refractivity (Wildman–Crippen MR) is 117 cm³/mol. The van der Waals surface area contributed by atoms with Gasteiger partial charge in [0.2, 0.25) is 0 Å². The van der Waals surface area contributed by atoms with Gasteiger partial charge in [-0.25, -0.2) is 4.79 Å². The van der Waals surface area contributed by atoms with E-state index in [0.29, 0.717) is 29.9 Å². The Morgan fingerprint density at radius 3 is 2.53 bits per heavy atom. The molecule has 1 saturated heterocycles. The number of carbonyl (C=O) groups excluding carboxylic acids is 2. The first kappa shape index (κ1) is 24.0. The van der Waals surface area contributed by atoms with Crippen LogP contribution in [0.1, 0.15) is 49.5 Å². The number of carbonyl (C=O) groups is 2. The molecule has 2 aliphatic rings. The highest BCUT2D eigenvalue weighted by Gasteiger charge is 2.43. The molecule has 3 atom stereocenters. The summed E-state index contributed by atoms with van der Waals surface area (Å²) in [6.07, 6.45) is 5.90. The number of rotatable bonds is 4. The summed E-state index contributed by atoms with van der Waals surface area (Å²) >= 11 is 0. The van der Waals surface area contributed by atoms with Crippen LogP contribution in [0.5, 0.6) is 11.5 Å². The molecular weight excluding hydrogens is 416 g/mol. The summed E-state index contributed by atoms with van der Waals surface area (Å²) in [4.78, 5) is 25.7. The van der Waals surface area contributed by atoms with Crippen molar-refractivity contribution in [2.45, 2.75) is 57.7 Å². The molecule has 32 heavy (non-hydrogen) atoms. The zero-order valence-electron chi connectivity index (χ0n) is 19.1. The third-order valence-electron chi connectivity index (χ3n) is 5.07. The number of cyclic esters (lactones) is 1. The van der Waals surface area contributed by atoms with Gasteiger partial charge >= 0.3 is 5.97 Å². The molecule has 174 valence electrons. The monoisotopic (exact) mass is 446 g/mol. The SMILES string of the molecule is COCOc1cc(OC)cc2c1C(=O)O[C@@H](C)C/C=C\C(=O)[C@H]1OC(C)(C)O[C@H]1C/C=C/2. The number of esters is 1. The van der Waals surface area contributed by atoms with E-state index in [1.54, 1.807) is 45.1 Å². The first-order chi connectivity index (χ1) is 15.2. The number of ether oxygens (including phenoxy) is 6. The highest BCUT2D eigenvalue weighted by atomic mass is 16.8. The van der Waals surface area contributed by atoms with Gasteiger partial charge < -0.3 is 28.4 Å². The van der Waals surface area contributed by atoms with E-state index in [1.807, 2.05) is 6.08 Å². The fourth-order valence-corrected chi connectivity index (χ4v) is 3.65. The van der Waals surface area contributed by atoms with E-state index in [1.165, 1.54) is 20.3 Å². The fraction of sp³-hybridized carbons (Fsp3) is 0.500. The zero-order chi connectivity index (χ0) is 23.3. The van der Waals surface area contributed by atoms with E-state index in [2.05, 4.69) is 0 Å². The summed E-state index contributed by atoms with van der Waals surface area (Å²) in [5, 5.41) is 0. The molecule has 0 spiro atoms. The van der Waals surface area contributed by atoms with E-state index in [4.69, 9.17) is 28.4 Å². The third-order valence-corrected chi connectivity index (χ3v) is 5.07. The number of ketones is 1. The van der Waals surface area contributed by atoms with Crippen LogP contribution < -0.4 is 9.47 Å². The Labute approximate surface area is 188 Å². The van der Waals surface area contributed by atoms with Gasteiger partial charge in [0.1, 0.15) is 29.3 Å². The zero-order valence-corrected chi connectivity index (χ0v) is 19.1. The van der Waals surface area contributed by atoms with Crippen molar-refractivity contribution >= 4 is 17.8 Å². The second-order valence-corrected chi connectivity index (χ2v) is 8.13. The molecule has 0 radical (unpaired) electrons. The van der Waals surface area contributed by atoms with E-state index in [0.717, 1.165) is 0 Å². The smallest absolute Gasteiger partial charge is 0.342 e. The predicted octanol–water partition coefficient (Wildman–Crippen LogP) is 3.68. The van der Waals surface area contributed by atoms with Crippen molar-refractivity contribution in [3.63, 3.8) is 0 Å². The third kappa shape index (κ3) is 5.76. The van der Waals surface area contributed by atoms with Gasteiger partial charge in [0.15, 0.2) is 18.4 Å². The van der Waals surface area contributed by atoms with Crippen LogP contribution in [-0.2, 0) is 23.7 Å². The normalized spacial score (nSPS) is 27.5. The van der Waals surface area contributed by atoms with Gasteiger partial charge in [-0.15, -0.1) is 0 Å². The van der Waals surface area contributed by atoms with Crippen molar-refractivity contribution < 1.29 is 38.0 Å². The molecule has 0 saturated carbocycles.